The first-order chi connectivity index (χ1) is 13.9. The van der Waals surface area contributed by atoms with E-state index in [0.717, 1.165) is 10.2 Å². The molecule has 0 aromatic heterocycles. The van der Waals surface area contributed by atoms with Gasteiger partial charge in [0.25, 0.3) is 15.9 Å². The Balaban J connectivity index is 1.79. The fourth-order valence-corrected chi connectivity index (χ4v) is 4.39. The molecule has 1 aliphatic rings. The van der Waals surface area contributed by atoms with Gasteiger partial charge in [-0.15, -0.1) is 0 Å². The van der Waals surface area contributed by atoms with Gasteiger partial charge in [-0.3, -0.25) is 9.63 Å². The predicted molar refractivity (Wildman–Crippen MR) is 110 cm³/mol. The molecule has 1 heterocycles. The molecule has 1 amide bonds. The van der Waals surface area contributed by atoms with E-state index in [-0.39, 0.29) is 16.6 Å². The second-order valence-electron chi connectivity index (χ2n) is 6.58. The highest BCUT2D eigenvalue weighted by molar-refractivity contribution is 7.89. The van der Waals surface area contributed by atoms with E-state index in [2.05, 4.69) is 4.90 Å². The number of amides is 1. The van der Waals surface area contributed by atoms with Crippen molar-refractivity contribution in [1.29, 1.82) is 0 Å². The first-order valence-corrected chi connectivity index (χ1v) is 10.6. The van der Waals surface area contributed by atoms with Crippen molar-refractivity contribution in [2.75, 3.05) is 52.3 Å². The van der Waals surface area contributed by atoms with Crippen molar-refractivity contribution in [3.8, 4) is 5.75 Å². The number of hydroxylamine groups is 1. The van der Waals surface area contributed by atoms with Gasteiger partial charge in [-0.05, 0) is 30.3 Å². The molecule has 0 bridgehead atoms. The van der Waals surface area contributed by atoms with Crippen LogP contribution in [0.25, 0.3) is 0 Å². The predicted octanol–water partition coefficient (Wildman–Crippen LogP) is 1.84. The monoisotopic (exact) mass is 419 g/mol. The van der Waals surface area contributed by atoms with Crippen LogP contribution in [0.1, 0.15) is 10.4 Å². The van der Waals surface area contributed by atoms with E-state index in [1.165, 1.54) is 33.4 Å². The molecule has 8 nitrogen and oxygen atoms in total. The minimum absolute atomic E-state index is 0.113. The van der Waals surface area contributed by atoms with E-state index in [0.29, 0.717) is 31.7 Å². The lowest BCUT2D eigenvalue weighted by Crippen LogP contribution is -2.48. The van der Waals surface area contributed by atoms with Crippen LogP contribution in [-0.4, -0.2) is 71.1 Å². The topological polar surface area (TPSA) is 79.4 Å². The number of anilines is 1. The molecule has 2 aromatic carbocycles. The van der Waals surface area contributed by atoms with Gasteiger partial charge >= 0.3 is 0 Å². The molecule has 0 aliphatic carbocycles. The van der Waals surface area contributed by atoms with Crippen molar-refractivity contribution in [1.82, 2.24) is 9.37 Å². The number of piperazine rings is 1. The third-order valence-corrected chi connectivity index (χ3v) is 6.67. The van der Waals surface area contributed by atoms with Crippen LogP contribution in [0.15, 0.2) is 53.4 Å². The summed E-state index contributed by atoms with van der Waals surface area (Å²) >= 11 is 0. The smallest absolute Gasteiger partial charge is 0.268 e. The van der Waals surface area contributed by atoms with Gasteiger partial charge in [-0.1, -0.05) is 22.7 Å². The molecule has 3 rings (SSSR count). The van der Waals surface area contributed by atoms with E-state index in [4.69, 9.17) is 9.57 Å². The summed E-state index contributed by atoms with van der Waals surface area (Å²) in [6, 6.07) is 14.5. The zero-order valence-corrected chi connectivity index (χ0v) is 17.6. The van der Waals surface area contributed by atoms with Crippen molar-refractivity contribution < 1.29 is 22.8 Å². The van der Waals surface area contributed by atoms with Gasteiger partial charge in [0.1, 0.15) is 10.6 Å². The molecule has 1 aliphatic heterocycles. The maximum absolute atomic E-state index is 13.0. The highest BCUT2D eigenvalue weighted by Gasteiger charge is 2.28. The van der Waals surface area contributed by atoms with Crippen molar-refractivity contribution in [3.05, 3.63) is 54.1 Å². The lowest BCUT2D eigenvalue weighted by atomic mass is 10.1. The number of carbonyl (C=O) groups excluding carboxylic acids is 1. The fourth-order valence-electron chi connectivity index (χ4n) is 3.24. The Morgan fingerprint density at radius 2 is 1.66 bits per heavy atom. The van der Waals surface area contributed by atoms with Gasteiger partial charge in [-0.25, -0.2) is 8.42 Å². The summed E-state index contributed by atoms with van der Waals surface area (Å²) in [6.07, 6.45) is 0. The number of benzene rings is 2. The van der Waals surface area contributed by atoms with E-state index < -0.39 is 10.0 Å². The number of para-hydroxylation sites is 1. The van der Waals surface area contributed by atoms with E-state index in [1.807, 2.05) is 30.3 Å². The molecule has 29 heavy (non-hydrogen) atoms. The number of hydrogen-bond donors (Lipinski definition) is 0. The van der Waals surface area contributed by atoms with Crippen molar-refractivity contribution >= 4 is 21.6 Å². The van der Waals surface area contributed by atoms with E-state index >= 15 is 0 Å². The Bertz CT molecular complexity index is 957. The summed E-state index contributed by atoms with van der Waals surface area (Å²) in [6.45, 7) is 2.53. The molecule has 0 spiro atoms. The zero-order valence-electron chi connectivity index (χ0n) is 16.7. The Kier molecular flexibility index (Phi) is 6.41. The first kappa shape index (κ1) is 21.1. The summed E-state index contributed by atoms with van der Waals surface area (Å²) in [4.78, 5) is 21.7. The standard InChI is InChI=1S/C20H25N3O5S/c1-21(28-3)29(25,26)19-15-16(9-10-18(19)27-2)20(24)23-13-11-22(12-14-23)17-7-5-4-6-8-17/h4-10,15H,11-14H2,1-3H3. The summed E-state index contributed by atoms with van der Waals surface area (Å²) in [7, 11) is -0.0368. The summed E-state index contributed by atoms with van der Waals surface area (Å²) in [5, 5.41) is 0. The van der Waals surface area contributed by atoms with Crippen molar-refractivity contribution in [3.63, 3.8) is 0 Å². The Hall–Kier alpha value is -2.62. The summed E-state index contributed by atoms with van der Waals surface area (Å²) < 4.78 is 31.3. The van der Waals surface area contributed by atoms with Crippen molar-refractivity contribution in [2.24, 2.45) is 0 Å². The van der Waals surface area contributed by atoms with Crippen LogP contribution in [0, 0.1) is 0 Å². The molecule has 0 unspecified atom stereocenters. The van der Waals surface area contributed by atoms with Crippen LogP contribution in [0.4, 0.5) is 5.69 Å². The van der Waals surface area contributed by atoms with Crippen LogP contribution in [-0.2, 0) is 14.9 Å². The minimum Gasteiger partial charge on any atom is -0.495 e. The van der Waals surface area contributed by atoms with Gasteiger partial charge < -0.3 is 14.5 Å². The van der Waals surface area contributed by atoms with Gasteiger partial charge in [0.05, 0.1) is 14.2 Å². The third kappa shape index (κ3) is 4.36. The highest BCUT2D eigenvalue weighted by atomic mass is 32.2. The Morgan fingerprint density at radius 3 is 2.24 bits per heavy atom. The lowest BCUT2D eigenvalue weighted by molar-refractivity contribution is -0.0259. The number of rotatable bonds is 6. The average Bonchev–Trinajstić information content (AvgIpc) is 2.78. The minimum atomic E-state index is -3.96. The number of nitrogens with zero attached hydrogens (tertiary/aromatic N) is 3. The van der Waals surface area contributed by atoms with Crippen LogP contribution in [0.3, 0.4) is 0 Å². The lowest BCUT2D eigenvalue weighted by Gasteiger charge is -2.36. The average molecular weight is 420 g/mol. The van der Waals surface area contributed by atoms with Crippen LogP contribution < -0.4 is 9.64 Å². The normalized spacial score (nSPS) is 14.9. The molecule has 1 fully saturated rings. The summed E-state index contributed by atoms with van der Waals surface area (Å²) in [5.74, 6) is -0.0590. The first-order valence-electron chi connectivity index (χ1n) is 9.19. The largest absolute Gasteiger partial charge is 0.495 e. The molecule has 0 N–H and O–H groups in total. The zero-order chi connectivity index (χ0) is 21.0. The Labute approximate surface area is 171 Å². The Morgan fingerprint density at radius 1 is 1.00 bits per heavy atom. The second-order valence-corrected chi connectivity index (χ2v) is 8.48. The number of ether oxygens (including phenoxy) is 1. The SMILES string of the molecule is COc1ccc(C(=O)N2CCN(c3ccccc3)CC2)cc1S(=O)(=O)N(C)OC. The van der Waals surface area contributed by atoms with Gasteiger partial charge in [-0.2, -0.15) is 0 Å². The quantitative estimate of drug-likeness (QED) is 0.665. The molecule has 156 valence electrons. The molecular formula is C20H25N3O5S. The maximum Gasteiger partial charge on any atom is 0.268 e. The molecule has 0 radical (unpaired) electrons. The molecule has 2 aromatic rings. The van der Waals surface area contributed by atoms with Gasteiger partial charge in [0, 0.05) is 44.5 Å². The second kappa shape index (κ2) is 8.81. The third-order valence-electron chi connectivity index (χ3n) is 4.97. The number of sulfonamides is 1. The van der Waals surface area contributed by atoms with Crippen LogP contribution in [0.5, 0.6) is 5.75 Å². The molecule has 0 saturated carbocycles. The summed E-state index contributed by atoms with van der Waals surface area (Å²) in [5.41, 5.74) is 1.42. The van der Waals surface area contributed by atoms with Crippen LogP contribution >= 0.6 is 0 Å². The molecule has 0 atom stereocenters. The van der Waals surface area contributed by atoms with E-state index in [9.17, 15) is 13.2 Å². The van der Waals surface area contributed by atoms with Gasteiger partial charge in [0.15, 0.2) is 0 Å². The van der Waals surface area contributed by atoms with Crippen molar-refractivity contribution in [2.45, 2.75) is 4.90 Å². The maximum atomic E-state index is 13.0. The molecule has 9 heteroatoms. The molecular weight excluding hydrogens is 394 g/mol. The highest BCUT2D eigenvalue weighted by Crippen LogP contribution is 2.28. The molecule has 1 saturated heterocycles. The number of carbonyl (C=O) groups is 1. The number of hydrogen-bond acceptors (Lipinski definition) is 6. The van der Waals surface area contributed by atoms with E-state index in [1.54, 1.807) is 11.0 Å². The fraction of sp³-hybridized carbons (Fsp3) is 0.350. The van der Waals surface area contributed by atoms with Gasteiger partial charge in [0.2, 0.25) is 0 Å². The number of methoxy groups -OCH3 is 1. The van der Waals surface area contributed by atoms with Crippen LogP contribution in [0.2, 0.25) is 0 Å².